The Labute approximate surface area is 254 Å². The van der Waals surface area contributed by atoms with Gasteiger partial charge in [-0.1, -0.05) is 74.5 Å². The van der Waals surface area contributed by atoms with E-state index in [1.807, 2.05) is 45.9 Å². The lowest BCUT2D eigenvalue weighted by molar-refractivity contribution is 0.0355. The van der Waals surface area contributed by atoms with Crippen LogP contribution in [0.2, 0.25) is 0 Å². The molecule has 3 atom stereocenters. The highest BCUT2D eigenvalue weighted by molar-refractivity contribution is 6.06. The van der Waals surface area contributed by atoms with E-state index in [-0.39, 0.29) is 17.9 Å². The lowest BCUT2D eigenvalue weighted by atomic mass is 9.61. The molecule has 1 aliphatic carbocycles. The maximum atomic E-state index is 7.32. The number of nitrogens with two attached hydrogens (primary N) is 3. The summed E-state index contributed by atoms with van der Waals surface area (Å²) in [4.78, 5) is 0. The summed E-state index contributed by atoms with van der Waals surface area (Å²) in [5, 5.41) is 16.0. The van der Waals surface area contributed by atoms with Crippen LogP contribution < -0.4 is 27.6 Å². The number of nitriles is 1. The van der Waals surface area contributed by atoms with E-state index < -0.39 is 0 Å². The number of rotatable bonds is 3. The highest BCUT2D eigenvalue weighted by Gasteiger charge is 2.47. The van der Waals surface area contributed by atoms with Crippen LogP contribution in [0.3, 0.4) is 0 Å². The van der Waals surface area contributed by atoms with Crippen molar-refractivity contribution in [3.63, 3.8) is 0 Å². The van der Waals surface area contributed by atoms with E-state index in [4.69, 9.17) is 27.2 Å². The van der Waals surface area contributed by atoms with Gasteiger partial charge < -0.3 is 21.9 Å². The molecule has 0 aromatic heterocycles. The summed E-state index contributed by atoms with van der Waals surface area (Å²) in [6.07, 6.45) is 4.05. The minimum absolute atomic E-state index is 0.0155. The minimum Gasteiger partial charge on any atom is -0.398 e. The Kier molecular flexibility index (Phi) is 9.43. The van der Waals surface area contributed by atoms with Crippen LogP contribution >= 0.6 is 0 Å². The number of nitrogen functional groups attached to an aromatic ring is 3. The summed E-state index contributed by atoms with van der Waals surface area (Å²) in [5.41, 5.74) is 25.2. The highest BCUT2D eigenvalue weighted by atomic mass is 16.5. The second kappa shape index (κ2) is 13.0. The predicted molar refractivity (Wildman–Crippen MR) is 186 cm³/mol. The normalized spacial score (nSPS) is 18.4. The molecule has 0 saturated heterocycles. The summed E-state index contributed by atoms with van der Waals surface area (Å²) >= 11 is 0. The van der Waals surface area contributed by atoms with Gasteiger partial charge in [-0.15, -0.1) is 0 Å². The molecule has 1 aliphatic rings. The summed E-state index contributed by atoms with van der Waals surface area (Å²) in [6, 6.07) is 25.0. The molecule has 0 spiro atoms. The number of hydrogen-bond donors (Lipinski definition) is 3. The van der Waals surface area contributed by atoms with Crippen LogP contribution in [0.15, 0.2) is 78.9 Å². The maximum absolute atomic E-state index is 7.32. The Morgan fingerprint density at radius 1 is 0.791 bits per heavy atom. The molecule has 3 unspecified atom stereocenters. The van der Waals surface area contributed by atoms with Crippen LogP contribution in [0, 0.1) is 11.3 Å². The van der Waals surface area contributed by atoms with Gasteiger partial charge >= 0.3 is 0 Å². The van der Waals surface area contributed by atoms with E-state index >= 15 is 0 Å². The van der Waals surface area contributed by atoms with Gasteiger partial charge in [0.25, 0.3) is 0 Å². The smallest absolute Gasteiger partial charge is 0.0783 e. The highest BCUT2D eigenvalue weighted by Crippen LogP contribution is 2.56. The third-order valence-corrected chi connectivity index (χ3v) is 8.43. The van der Waals surface area contributed by atoms with E-state index in [1.54, 1.807) is 13.2 Å². The summed E-state index contributed by atoms with van der Waals surface area (Å²) in [6.45, 7) is 14.1. The largest absolute Gasteiger partial charge is 0.398 e. The van der Waals surface area contributed by atoms with Crippen molar-refractivity contribution in [1.29, 1.82) is 5.26 Å². The van der Waals surface area contributed by atoms with Gasteiger partial charge in [-0.25, -0.2) is 0 Å². The van der Waals surface area contributed by atoms with E-state index in [9.17, 15) is 0 Å². The zero-order chi connectivity index (χ0) is 31.4. The molecule has 1 fully saturated rings. The molecule has 0 aliphatic heterocycles. The Hall–Kier alpha value is -4.79. The Morgan fingerprint density at radius 2 is 1.33 bits per heavy atom. The van der Waals surface area contributed by atoms with Gasteiger partial charge in [-0.3, -0.25) is 0 Å². The first-order chi connectivity index (χ1) is 20.8. The molecular weight excluding hydrogens is 528 g/mol. The fraction of sp³-hybridized carbons (Fsp3) is 0.237. The predicted octanol–water partition coefficient (Wildman–Crippen LogP) is 7.50. The first-order valence-corrected chi connectivity index (χ1v) is 14.8. The molecule has 0 bridgehead atoms. The zero-order valence-corrected chi connectivity index (χ0v) is 26.0. The SMILES string of the molecule is C=C1C(c2ccc(N)c3cc4ccccc4cc23)C(OC)C1c1ccc(N)c2c(N)c(=C/C)/c(=C\C)cc12.CC.CC#N. The molecule has 0 radical (unpaired) electrons. The second-order valence-corrected chi connectivity index (χ2v) is 10.5. The van der Waals surface area contributed by atoms with E-state index in [0.717, 1.165) is 48.8 Å². The van der Waals surface area contributed by atoms with Crippen LogP contribution in [0.4, 0.5) is 17.1 Å². The van der Waals surface area contributed by atoms with Gasteiger partial charge in [-0.05, 0) is 82.1 Å². The minimum atomic E-state index is -0.0830. The van der Waals surface area contributed by atoms with Crippen molar-refractivity contribution < 1.29 is 4.74 Å². The number of hydrogen-bond acceptors (Lipinski definition) is 5. The third kappa shape index (κ3) is 5.20. The maximum Gasteiger partial charge on any atom is 0.0783 e. The Bertz CT molecular complexity index is 2000. The summed E-state index contributed by atoms with van der Waals surface area (Å²) in [5.74, 6) is 0.0568. The van der Waals surface area contributed by atoms with Crippen LogP contribution in [-0.4, -0.2) is 13.2 Å². The topological polar surface area (TPSA) is 111 Å². The number of methoxy groups -OCH3 is 1. The summed E-state index contributed by atoms with van der Waals surface area (Å²) < 4.78 is 6.20. The van der Waals surface area contributed by atoms with E-state index in [2.05, 4.69) is 67.3 Å². The molecule has 5 nitrogen and oxygen atoms in total. The molecule has 0 heterocycles. The van der Waals surface area contributed by atoms with Crippen molar-refractivity contribution in [2.24, 2.45) is 0 Å². The van der Waals surface area contributed by atoms with E-state index in [1.165, 1.54) is 23.3 Å². The molecule has 6 N–H and O–H groups in total. The molecular formula is C38H42N4O. The third-order valence-electron chi connectivity index (χ3n) is 8.43. The standard InChI is InChI=1S/C34H33N3O.C2H3N.C2H6/c1-5-19-15-27-24(12-14-29(36)32(27)33(37)22(19)6-2)31-18(3)30(34(31)38-4)23-11-13-28(35)26-17-21-10-8-7-9-20(21)16-25(23)26;1-2-3;1-2/h5-17,30-31,34H,3,35-37H2,1-2,4H3;1H3;1-2H3/b19-5-,22-6+;;. The van der Waals surface area contributed by atoms with Crippen molar-refractivity contribution in [2.75, 3.05) is 24.3 Å². The fourth-order valence-corrected chi connectivity index (χ4v) is 6.53. The number of nitrogens with zero attached hydrogens (tertiary/aromatic N) is 1. The molecule has 1 saturated carbocycles. The monoisotopic (exact) mass is 570 g/mol. The van der Waals surface area contributed by atoms with Gasteiger partial charge in [0.1, 0.15) is 0 Å². The van der Waals surface area contributed by atoms with Crippen LogP contribution in [-0.2, 0) is 4.74 Å². The van der Waals surface area contributed by atoms with Crippen molar-refractivity contribution >= 4 is 61.5 Å². The number of ether oxygens (including phenoxy) is 1. The molecule has 6 rings (SSSR count). The van der Waals surface area contributed by atoms with Crippen LogP contribution in [0.25, 0.3) is 44.5 Å². The first-order valence-electron chi connectivity index (χ1n) is 14.8. The van der Waals surface area contributed by atoms with E-state index in [0.29, 0.717) is 11.4 Å². The van der Waals surface area contributed by atoms with Gasteiger partial charge in [-0.2, -0.15) is 5.26 Å². The molecule has 5 aromatic rings. The van der Waals surface area contributed by atoms with Gasteiger partial charge in [0.15, 0.2) is 0 Å². The molecule has 0 amide bonds. The molecule has 5 aromatic carbocycles. The molecule has 220 valence electrons. The second-order valence-electron chi connectivity index (χ2n) is 10.5. The summed E-state index contributed by atoms with van der Waals surface area (Å²) in [7, 11) is 1.79. The van der Waals surface area contributed by atoms with Gasteiger partial charge in [0.2, 0.25) is 0 Å². The lowest BCUT2D eigenvalue weighted by Gasteiger charge is -2.47. The zero-order valence-electron chi connectivity index (χ0n) is 26.0. The quantitative estimate of drug-likeness (QED) is 0.118. The lowest BCUT2D eigenvalue weighted by Crippen LogP contribution is -2.42. The van der Waals surface area contributed by atoms with Crippen molar-refractivity contribution in [3.05, 3.63) is 100 Å². The van der Waals surface area contributed by atoms with Gasteiger partial charge in [0.05, 0.1) is 12.2 Å². The Balaban J connectivity index is 0.000000798. The van der Waals surface area contributed by atoms with Crippen molar-refractivity contribution in [3.8, 4) is 6.07 Å². The Morgan fingerprint density at radius 3 is 1.86 bits per heavy atom. The number of anilines is 3. The van der Waals surface area contributed by atoms with Crippen molar-refractivity contribution in [2.45, 2.75) is 52.6 Å². The van der Waals surface area contributed by atoms with Crippen LogP contribution in [0.1, 0.15) is 57.6 Å². The first kappa shape index (κ1) is 31.2. The van der Waals surface area contributed by atoms with Crippen molar-refractivity contribution in [1.82, 2.24) is 0 Å². The van der Waals surface area contributed by atoms with Crippen LogP contribution in [0.5, 0.6) is 0 Å². The average Bonchev–Trinajstić information content (AvgIpc) is 3.02. The molecule has 43 heavy (non-hydrogen) atoms. The molecule has 5 heteroatoms. The number of fused-ring (bicyclic) bond motifs is 3. The number of benzene rings is 5. The fourth-order valence-electron chi connectivity index (χ4n) is 6.53. The average molecular weight is 571 g/mol. The van der Waals surface area contributed by atoms with Gasteiger partial charge in [0, 0.05) is 58.9 Å².